The predicted octanol–water partition coefficient (Wildman–Crippen LogP) is 3.31. The van der Waals surface area contributed by atoms with Gasteiger partial charge in [-0.15, -0.1) is 0 Å². The van der Waals surface area contributed by atoms with Crippen LogP contribution < -0.4 is 10.6 Å². The lowest BCUT2D eigenvalue weighted by Gasteiger charge is -2.39. The second-order valence-corrected chi connectivity index (χ2v) is 18.2. The van der Waals surface area contributed by atoms with Gasteiger partial charge in [0.05, 0.1) is 51.1 Å². The summed E-state index contributed by atoms with van der Waals surface area (Å²) in [6.45, 7) is 12.7. The topological polar surface area (TPSA) is 253 Å². The van der Waals surface area contributed by atoms with Crippen LogP contribution in [0, 0.1) is 22.2 Å². The Hall–Kier alpha value is -2.96. The maximum absolute atomic E-state index is 13.1. The maximum Gasteiger partial charge on any atom is 0.478 e. The molecule has 20 nitrogen and oxygen atoms in total. The van der Waals surface area contributed by atoms with Gasteiger partial charge in [-0.05, 0) is 34.1 Å². The minimum atomic E-state index is -4.32. The fourth-order valence-corrected chi connectivity index (χ4v) is 7.62. The summed E-state index contributed by atoms with van der Waals surface area (Å²) in [6.07, 6.45) is -4.15. The van der Waals surface area contributed by atoms with Gasteiger partial charge in [0, 0.05) is 23.9 Å². The van der Waals surface area contributed by atoms with Gasteiger partial charge in [0.2, 0.25) is 24.9 Å². The van der Waals surface area contributed by atoms with Crippen LogP contribution in [-0.2, 0) is 84.0 Å². The van der Waals surface area contributed by atoms with E-state index < -0.39 is 98.8 Å². The fraction of sp³-hybridized carbons (Fsp3) is 0.812. The van der Waals surface area contributed by atoms with Crippen LogP contribution in [0.5, 0.6) is 0 Å². The van der Waals surface area contributed by atoms with Crippen molar-refractivity contribution in [1.29, 1.82) is 0 Å². The molecule has 3 unspecified atom stereocenters. The van der Waals surface area contributed by atoms with E-state index in [1.54, 1.807) is 48.5 Å². The molecule has 0 saturated carbocycles. The highest BCUT2D eigenvalue weighted by Crippen LogP contribution is 2.58. The molecule has 2 fully saturated rings. The van der Waals surface area contributed by atoms with Gasteiger partial charge in [-0.25, -0.2) is 18.2 Å². The van der Waals surface area contributed by atoms with E-state index in [9.17, 15) is 37.9 Å². The van der Waals surface area contributed by atoms with Crippen LogP contribution in [0.15, 0.2) is 0 Å². The number of nitrogens with one attached hydrogen (secondary N) is 2. The van der Waals surface area contributed by atoms with Gasteiger partial charge < -0.3 is 29.6 Å². The number of amides is 2. The number of esters is 4. The Balaban J connectivity index is 1.74. The van der Waals surface area contributed by atoms with Crippen LogP contribution in [0.1, 0.15) is 81.6 Å². The van der Waals surface area contributed by atoms with Gasteiger partial charge >= 0.3 is 39.5 Å². The summed E-state index contributed by atoms with van der Waals surface area (Å²) in [7, 11) is -7.42. The summed E-state index contributed by atoms with van der Waals surface area (Å²) in [5.74, 6) is -4.74. The Bertz CT molecular complexity index is 1460. The van der Waals surface area contributed by atoms with E-state index in [0.717, 1.165) is 0 Å². The first kappa shape index (κ1) is 47.2. The van der Waals surface area contributed by atoms with Crippen LogP contribution in [0.4, 0.5) is 0 Å². The van der Waals surface area contributed by atoms with E-state index in [-0.39, 0.29) is 52.2 Å². The summed E-state index contributed by atoms with van der Waals surface area (Å²) >= 11 is 0. The lowest BCUT2D eigenvalue weighted by Crippen LogP contribution is -2.50. The minimum absolute atomic E-state index is 0.0403. The van der Waals surface area contributed by atoms with Crippen molar-refractivity contribution < 1.29 is 84.0 Å². The Morgan fingerprint density at radius 2 is 1.30 bits per heavy atom. The molecule has 310 valence electrons. The SMILES string of the molecule is COC(=O)CCNC(=O)[C@@H]1OP(=O)(OCOC(=O)C(C)CCOC(=O)CCNC(=O)[C@@H]2O[P@](=O)(OC(C)OC(=O)C(C)(C)C)OCC2(C)C)OCC1(C)C. The van der Waals surface area contributed by atoms with Crippen LogP contribution in [0.25, 0.3) is 0 Å². The Kier molecular flexibility index (Phi) is 17.3. The Labute approximate surface area is 314 Å². The molecule has 0 aromatic carbocycles. The average molecular weight is 817 g/mol. The second kappa shape index (κ2) is 19.8. The van der Waals surface area contributed by atoms with Crippen molar-refractivity contribution in [2.24, 2.45) is 22.2 Å². The molecule has 0 spiro atoms. The van der Waals surface area contributed by atoms with Gasteiger partial charge in [-0.1, -0.05) is 34.6 Å². The first-order chi connectivity index (χ1) is 24.8. The Morgan fingerprint density at radius 1 is 0.796 bits per heavy atom. The van der Waals surface area contributed by atoms with Crippen molar-refractivity contribution in [3.05, 3.63) is 0 Å². The number of ether oxygens (including phenoxy) is 4. The molecule has 2 rings (SSSR count). The third-order valence-corrected chi connectivity index (χ3v) is 10.6. The third kappa shape index (κ3) is 14.9. The molecule has 6 atom stereocenters. The standard InChI is InChI=1S/C32H54N2O18P2/c1-20(28(39)45-19-48-53(41)46-17-31(6,7)24(51-53)26(37)33-14-11-22(35)43-10)13-16-44-23(36)12-15-34-27(38)25-32(8,9)18-47-54(42,52-25)50-21(2)49-29(40)30(3,4)5/h20-21,24-25H,11-19H2,1-10H3,(H,33,37)(H,34,38)/t20?,21?,24-,25-,53?,54-/m0/s1. The molecule has 54 heavy (non-hydrogen) atoms. The molecule has 2 heterocycles. The van der Waals surface area contributed by atoms with E-state index in [1.807, 2.05) is 0 Å². The smallest absolute Gasteiger partial charge is 0.469 e. The number of rotatable bonds is 18. The normalized spacial score (nSPS) is 26.0. The fourth-order valence-electron chi connectivity index (χ4n) is 4.40. The largest absolute Gasteiger partial charge is 0.478 e. The summed E-state index contributed by atoms with van der Waals surface area (Å²) in [6, 6.07) is 0. The van der Waals surface area contributed by atoms with E-state index in [1.165, 1.54) is 21.0 Å². The zero-order chi connectivity index (χ0) is 41.1. The first-order valence-corrected chi connectivity index (χ1v) is 20.1. The van der Waals surface area contributed by atoms with Gasteiger partial charge in [0.1, 0.15) is 0 Å². The summed E-state index contributed by atoms with van der Waals surface area (Å²) in [5.41, 5.74) is -2.71. The lowest BCUT2D eigenvalue weighted by atomic mass is 9.87. The summed E-state index contributed by atoms with van der Waals surface area (Å²) in [5, 5.41) is 5.03. The first-order valence-electron chi connectivity index (χ1n) is 17.2. The minimum Gasteiger partial charge on any atom is -0.469 e. The Morgan fingerprint density at radius 3 is 1.81 bits per heavy atom. The van der Waals surface area contributed by atoms with Crippen molar-refractivity contribution in [3.63, 3.8) is 0 Å². The molecule has 0 aromatic heterocycles. The van der Waals surface area contributed by atoms with Gasteiger partial charge in [-0.2, -0.15) is 0 Å². The van der Waals surface area contributed by atoms with Gasteiger partial charge in [-0.3, -0.25) is 46.9 Å². The number of hydrogen-bond acceptors (Lipinski definition) is 18. The molecule has 0 aliphatic carbocycles. The van der Waals surface area contributed by atoms with Crippen molar-refractivity contribution in [2.75, 3.05) is 46.8 Å². The lowest BCUT2D eigenvalue weighted by molar-refractivity contribution is -0.177. The molecule has 2 N–H and O–H groups in total. The molecule has 22 heteroatoms. The van der Waals surface area contributed by atoms with Crippen molar-refractivity contribution in [1.82, 2.24) is 10.6 Å². The van der Waals surface area contributed by atoms with Gasteiger partial charge in [0.25, 0.3) is 0 Å². The molecular formula is C32H54N2O18P2. The van der Waals surface area contributed by atoms with Gasteiger partial charge in [0.15, 0.2) is 12.2 Å². The average Bonchev–Trinajstić information content (AvgIpc) is 3.06. The van der Waals surface area contributed by atoms with Crippen molar-refractivity contribution in [3.8, 4) is 0 Å². The van der Waals surface area contributed by atoms with E-state index in [2.05, 4.69) is 15.4 Å². The maximum atomic E-state index is 13.1. The number of carbonyl (C=O) groups excluding carboxylic acids is 6. The monoisotopic (exact) mass is 816 g/mol. The third-order valence-electron chi connectivity index (χ3n) is 7.83. The highest BCUT2D eigenvalue weighted by molar-refractivity contribution is 7.48. The number of phosphoric ester groups is 2. The van der Waals surface area contributed by atoms with E-state index in [0.29, 0.717) is 0 Å². The summed E-state index contributed by atoms with van der Waals surface area (Å²) in [4.78, 5) is 73.8. The number of methoxy groups -OCH3 is 1. The number of hydrogen-bond donors (Lipinski definition) is 2. The molecule has 0 aromatic rings. The molecule has 2 aliphatic heterocycles. The molecule has 0 radical (unpaired) electrons. The van der Waals surface area contributed by atoms with E-state index >= 15 is 0 Å². The zero-order valence-corrected chi connectivity index (χ0v) is 34.2. The number of carbonyl (C=O) groups is 6. The quantitative estimate of drug-likeness (QED) is 0.0871. The van der Waals surface area contributed by atoms with E-state index in [4.69, 9.17) is 41.4 Å². The second-order valence-electron chi connectivity index (χ2n) is 15.0. The van der Waals surface area contributed by atoms with Crippen molar-refractivity contribution in [2.45, 2.75) is 100 Å². The molecule has 0 bridgehead atoms. The molecular weight excluding hydrogens is 762 g/mol. The molecule has 2 amide bonds. The summed E-state index contributed by atoms with van der Waals surface area (Å²) < 4.78 is 77.6. The van der Waals surface area contributed by atoms with Crippen molar-refractivity contribution >= 4 is 51.3 Å². The van der Waals surface area contributed by atoms with Crippen LogP contribution >= 0.6 is 15.6 Å². The van der Waals surface area contributed by atoms with Crippen LogP contribution in [0.2, 0.25) is 0 Å². The highest BCUT2D eigenvalue weighted by Gasteiger charge is 2.51. The predicted molar refractivity (Wildman–Crippen MR) is 185 cm³/mol. The molecule has 2 saturated heterocycles. The zero-order valence-electron chi connectivity index (χ0n) is 32.4. The van der Waals surface area contributed by atoms with Crippen LogP contribution in [-0.4, -0.2) is 101 Å². The molecule has 2 aliphatic rings. The van der Waals surface area contributed by atoms with Crippen LogP contribution in [0.3, 0.4) is 0 Å². The highest BCUT2D eigenvalue weighted by atomic mass is 31.2. The number of phosphoric acid groups is 2.